The van der Waals surface area contributed by atoms with Crippen molar-refractivity contribution in [1.29, 1.82) is 0 Å². The number of carbonyl (C=O) groups is 1. The summed E-state index contributed by atoms with van der Waals surface area (Å²) in [4.78, 5) is 16.3. The maximum absolute atomic E-state index is 13.7. The van der Waals surface area contributed by atoms with Crippen LogP contribution in [-0.2, 0) is 7.05 Å². The van der Waals surface area contributed by atoms with Crippen molar-refractivity contribution in [1.82, 2.24) is 14.7 Å². The Morgan fingerprint density at radius 2 is 2.25 bits per heavy atom. The van der Waals surface area contributed by atoms with Crippen LogP contribution in [0.15, 0.2) is 35.1 Å². The second kappa shape index (κ2) is 8.12. The number of carboxylic acids is 1. The summed E-state index contributed by atoms with van der Waals surface area (Å²) in [5.41, 5.74) is 0.212. The van der Waals surface area contributed by atoms with Crippen molar-refractivity contribution in [2.75, 3.05) is 12.4 Å². The van der Waals surface area contributed by atoms with Crippen LogP contribution in [0.5, 0.6) is 5.75 Å². The molecule has 0 aliphatic rings. The zero-order valence-electron chi connectivity index (χ0n) is 15.8. The molecule has 1 unspecified atom stereocenters. The number of aryl methyl sites for hydroxylation is 1. The summed E-state index contributed by atoms with van der Waals surface area (Å²) in [5.74, 6) is -0.922. The molecule has 8 nitrogen and oxygen atoms in total. The van der Waals surface area contributed by atoms with Gasteiger partial charge in [-0.3, -0.25) is 0 Å². The van der Waals surface area contributed by atoms with E-state index < -0.39 is 11.8 Å². The molecule has 3 rings (SSSR count). The second-order valence-electron chi connectivity index (χ2n) is 6.27. The van der Waals surface area contributed by atoms with Gasteiger partial charge in [0.25, 0.3) is 0 Å². The van der Waals surface area contributed by atoms with Gasteiger partial charge >= 0.3 is 5.97 Å². The van der Waals surface area contributed by atoms with Crippen molar-refractivity contribution in [3.8, 4) is 17.1 Å². The Morgan fingerprint density at radius 3 is 2.86 bits per heavy atom. The van der Waals surface area contributed by atoms with Gasteiger partial charge in [-0.25, -0.2) is 14.2 Å². The number of nitrogens with zero attached hydrogens (tertiary/aromatic N) is 3. The van der Waals surface area contributed by atoms with Crippen molar-refractivity contribution < 1.29 is 23.6 Å². The van der Waals surface area contributed by atoms with Crippen molar-refractivity contribution in [3.63, 3.8) is 0 Å². The number of aromatic carboxylic acids is 1. The number of benzene rings is 1. The Bertz CT molecular complexity index is 982. The highest BCUT2D eigenvalue weighted by Gasteiger charge is 2.27. The van der Waals surface area contributed by atoms with Gasteiger partial charge in [0.05, 0.1) is 13.2 Å². The molecular formula is C19H21FN4O4. The average molecular weight is 388 g/mol. The van der Waals surface area contributed by atoms with Gasteiger partial charge in [0.2, 0.25) is 0 Å². The third-order valence-corrected chi connectivity index (χ3v) is 4.38. The monoisotopic (exact) mass is 388 g/mol. The molecule has 0 spiro atoms. The summed E-state index contributed by atoms with van der Waals surface area (Å²) in [6.45, 7) is 2.02. The van der Waals surface area contributed by atoms with E-state index >= 15 is 0 Å². The zero-order chi connectivity index (χ0) is 20.3. The van der Waals surface area contributed by atoms with Crippen LogP contribution in [0.25, 0.3) is 11.3 Å². The summed E-state index contributed by atoms with van der Waals surface area (Å²) in [5, 5.41) is 16.8. The predicted octanol–water partition coefficient (Wildman–Crippen LogP) is 3.87. The van der Waals surface area contributed by atoms with Crippen LogP contribution in [0.2, 0.25) is 0 Å². The van der Waals surface area contributed by atoms with E-state index in [4.69, 9.17) is 9.26 Å². The number of methoxy groups -OCH3 is 1. The second-order valence-corrected chi connectivity index (χ2v) is 6.27. The van der Waals surface area contributed by atoms with Gasteiger partial charge in [-0.1, -0.05) is 18.5 Å². The molecule has 0 bridgehead atoms. The number of rotatable bonds is 8. The molecule has 0 fully saturated rings. The first-order valence-corrected chi connectivity index (χ1v) is 8.76. The Hall–Kier alpha value is -3.36. The van der Waals surface area contributed by atoms with E-state index in [0.29, 0.717) is 5.56 Å². The first-order valence-electron chi connectivity index (χ1n) is 8.76. The van der Waals surface area contributed by atoms with Crippen LogP contribution >= 0.6 is 0 Å². The van der Waals surface area contributed by atoms with Crippen LogP contribution in [0.4, 0.5) is 10.2 Å². The molecule has 0 amide bonds. The first-order chi connectivity index (χ1) is 13.5. The van der Waals surface area contributed by atoms with Gasteiger partial charge in [-0.05, 0) is 24.6 Å². The lowest BCUT2D eigenvalue weighted by Gasteiger charge is -2.17. The van der Waals surface area contributed by atoms with Crippen molar-refractivity contribution >= 4 is 11.8 Å². The Labute approximate surface area is 160 Å². The minimum absolute atomic E-state index is 0.0170. The normalized spacial score (nSPS) is 12.0. The quantitative estimate of drug-likeness (QED) is 0.604. The van der Waals surface area contributed by atoms with Gasteiger partial charge in [0, 0.05) is 25.0 Å². The molecule has 1 atom stereocenters. The summed E-state index contributed by atoms with van der Waals surface area (Å²) in [6, 6.07) is 3.72. The highest BCUT2D eigenvalue weighted by Crippen LogP contribution is 2.34. The zero-order valence-corrected chi connectivity index (χ0v) is 15.8. The van der Waals surface area contributed by atoms with E-state index in [1.165, 1.54) is 25.3 Å². The standard InChI is InChI=1S/C19H21FN4O4/c1-4-5-13(18-21-8-9-24(18)2)22-17-15(19(25)26)16(28-23-17)11-6-7-12(20)14(10-11)27-3/h6-10,13H,4-5H2,1-3H3,(H,22,23)(H,25,26). The lowest BCUT2D eigenvalue weighted by molar-refractivity contribution is 0.0698. The fraction of sp³-hybridized carbons (Fsp3) is 0.316. The molecule has 9 heteroatoms. The Morgan fingerprint density at radius 1 is 1.46 bits per heavy atom. The number of hydrogen-bond acceptors (Lipinski definition) is 6. The lowest BCUT2D eigenvalue weighted by Crippen LogP contribution is -2.17. The number of hydrogen-bond donors (Lipinski definition) is 2. The van der Waals surface area contributed by atoms with E-state index in [0.717, 1.165) is 18.7 Å². The Kier molecular flexibility index (Phi) is 5.62. The van der Waals surface area contributed by atoms with E-state index in [-0.39, 0.29) is 28.9 Å². The maximum atomic E-state index is 13.7. The number of halogens is 1. The van der Waals surface area contributed by atoms with Gasteiger partial charge < -0.3 is 24.3 Å². The minimum Gasteiger partial charge on any atom is -0.494 e. The summed E-state index contributed by atoms with van der Waals surface area (Å²) < 4.78 is 25.8. The van der Waals surface area contributed by atoms with Crippen LogP contribution < -0.4 is 10.1 Å². The van der Waals surface area contributed by atoms with Crippen molar-refractivity contribution in [3.05, 3.63) is 47.8 Å². The smallest absolute Gasteiger partial charge is 0.343 e. The number of nitrogens with one attached hydrogen (secondary N) is 1. The van der Waals surface area contributed by atoms with Crippen molar-refractivity contribution in [2.24, 2.45) is 7.05 Å². The fourth-order valence-electron chi connectivity index (χ4n) is 3.02. The molecule has 0 aliphatic carbocycles. The third kappa shape index (κ3) is 3.68. The van der Waals surface area contributed by atoms with Crippen molar-refractivity contribution in [2.45, 2.75) is 25.8 Å². The molecule has 0 radical (unpaired) electrons. The number of anilines is 1. The SMILES string of the molecule is CCCC(Nc1noc(-c2ccc(F)c(OC)c2)c1C(=O)O)c1nccn1C. The van der Waals surface area contributed by atoms with E-state index in [1.54, 1.807) is 6.20 Å². The number of imidazole rings is 1. The van der Waals surface area contributed by atoms with Gasteiger partial charge in [-0.15, -0.1) is 0 Å². The van der Waals surface area contributed by atoms with Crippen LogP contribution in [0.1, 0.15) is 42.0 Å². The number of ether oxygens (including phenoxy) is 1. The first kappa shape index (κ1) is 19.4. The molecule has 1 aromatic carbocycles. The molecule has 28 heavy (non-hydrogen) atoms. The third-order valence-electron chi connectivity index (χ3n) is 4.38. The highest BCUT2D eigenvalue weighted by atomic mass is 19.1. The topological polar surface area (TPSA) is 102 Å². The summed E-state index contributed by atoms with van der Waals surface area (Å²) >= 11 is 0. The molecule has 148 valence electrons. The fourth-order valence-corrected chi connectivity index (χ4v) is 3.02. The van der Waals surface area contributed by atoms with E-state index in [1.807, 2.05) is 24.7 Å². The molecule has 0 saturated carbocycles. The molecule has 2 heterocycles. The Balaban J connectivity index is 2.01. The average Bonchev–Trinajstić information content (AvgIpc) is 3.28. The highest BCUT2D eigenvalue weighted by molar-refractivity contribution is 5.99. The molecule has 0 aliphatic heterocycles. The van der Waals surface area contributed by atoms with E-state index in [9.17, 15) is 14.3 Å². The predicted molar refractivity (Wildman–Crippen MR) is 99.9 cm³/mol. The molecular weight excluding hydrogens is 367 g/mol. The summed E-state index contributed by atoms with van der Waals surface area (Å²) in [7, 11) is 3.19. The molecule has 3 aromatic rings. The van der Waals surface area contributed by atoms with E-state index in [2.05, 4.69) is 15.5 Å². The lowest BCUT2D eigenvalue weighted by atomic mass is 10.1. The molecule has 2 N–H and O–H groups in total. The van der Waals surface area contributed by atoms with Crippen LogP contribution in [0, 0.1) is 5.82 Å². The molecule has 0 saturated heterocycles. The number of aromatic nitrogens is 3. The van der Waals surface area contributed by atoms with Crippen LogP contribution in [-0.4, -0.2) is 32.9 Å². The number of carboxylic acid groups (broad SMARTS) is 1. The van der Waals surface area contributed by atoms with Gasteiger partial charge in [0.15, 0.2) is 28.7 Å². The summed E-state index contributed by atoms with van der Waals surface area (Å²) in [6.07, 6.45) is 5.07. The van der Waals surface area contributed by atoms with Crippen LogP contribution in [0.3, 0.4) is 0 Å². The maximum Gasteiger partial charge on any atom is 0.343 e. The van der Waals surface area contributed by atoms with Gasteiger partial charge in [0.1, 0.15) is 5.82 Å². The van der Waals surface area contributed by atoms with Gasteiger partial charge in [-0.2, -0.15) is 0 Å². The molecule has 2 aromatic heterocycles. The minimum atomic E-state index is -1.21. The largest absolute Gasteiger partial charge is 0.494 e.